The van der Waals surface area contributed by atoms with Gasteiger partial charge in [0.15, 0.2) is 0 Å². The van der Waals surface area contributed by atoms with Crippen LogP contribution in [0.5, 0.6) is 0 Å². The van der Waals surface area contributed by atoms with Crippen molar-refractivity contribution < 1.29 is 13.2 Å². The number of hydrogen-bond donors (Lipinski definition) is 0. The zero-order chi connectivity index (χ0) is 13.3. The van der Waals surface area contributed by atoms with Crippen molar-refractivity contribution in [1.82, 2.24) is 0 Å². The lowest BCUT2D eigenvalue weighted by Crippen LogP contribution is -2.00. The van der Waals surface area contributed by atoms with Crippen LogP contribution < -0.4 is 0 Å². The third-order valence-electron chi connectivity index (χ3n) is 2.47. The molecule has 0 radical (unpaired) electrons. The number of rotatable bonds is 2. The first-order valence-corrected chi connectivity index (χ1v) is 6.54. The van der Waals surface area contributed by atoms with Crippen molar-refractivity contribution in [2.45, 2.75) is 5.38 Å². The monoisotopic (exact) mass is 382 g/mol. The van der Waals surface area contributed by atoms with Crippen molar-refractivity contribution in [1.29, 1.82) is 0 Å². The summed E-state index contributed by atoms with van der Waals surface area (Å²) in [5, 5.41) is -0.780. The highest BCUT2D eigenvalue weighted by Crippen LogP contribution is 2.33. The molecule has 18 heavy (non-hydrogen) atoms. The average molecular weight is 383 g/mol. The summed E-state index contributed by atoms with van der Waals surface area (Å²) < 4.78 is 40.0. The molecule has 5 heteroatoms. The van der Waals surface area contributed by atoms with Gasteiger partial charge in [0.1, 0.15) is 17.5 Å². The second-order valence-corrected chi connectivity index (χ2v) is 5.29. The van der Waals surface area contributed by atoms with Crippen LogP contribution in [0, 0.1) is 21.0 Å². The minimum absolute atomic E-state index is 0.169. The van der Waals surface area contributed by atoms with E-state index in [1.807, 2.05) is 22.6 Å². The zero-order valence-corrected chi connectivity index (χ0v) is 11.8. The van der Waals surface area contributed by atoms with Crippen LogP contribution in [0.1, 0.15) is 16.5 Å². The highest BCUT2D eigenvalue weighted by molar-refractivity contribution is 14.1. The minimum atomic E-state index is -0.780. The predicted molar refractivity (Wildman–Crippen MR) is 73.2 cm³/mol. The van der Waals surface area contributed by atoms with Gasteiger partial charge in [0.05, 0.1) is 5.38 Å². The smallest absolute Gasteiger partial charge is 0.131 e. The number of hydrogen-bond acceptors (Lipinski definition) is 0. The van der Waals surface area contributed by atoms with E-state index in [2.05, 4.69) is 0 Å². The standard InChI is InChI=1S/C13H7ClF3I/c14-13(9-3-1-7(15)5-11(9)17)10-4-2-8(16)6-12(10)18/h1-6,13H. The van der Waals surface area contributed by atoms with Crippen molar-refractivity contribution in [2.75, 3.05) is 0 Å². The molecule has 0 bridgehead atoms. The van der Waals surface area contributed by atoms with Crippen LogP contribution in [0.2, 0.25) is 0 Å². The van der Waals surface area contributed by atoms with Crippen LogP contribution in [0.25, 0.3) is 0 Å². The number of halogens is 5. The van der Waals surface area contributed by atoms with E-state index in [1.165, 1.54) is 24.3 Å². The molecule has 0 aliphatic rings. The Morgan fingerprint density at radius 1 is 0.889 bits per heavy atom. The van der Waals surface area contributed by atoms with E-state index in [0.29, 0.717) is 9.13 Å². The van der Waals surface area contributed by atoms with Crippen molar-refractivity contribution in [3.05, 3.63) is 68.5 Å². The van der Waals surface area contributed by atoms with E-state index >= 15 is 0 Å². The molecule has 0 spiro atoms. The Morgan fingerprint density at radius 3 is 2.00 bits per heavy atom. The maximum Gasteiger partial charge on any atom is 0.131 e. The Balaban J connectivity index is 2.44. The van der Waals surface area contributed by atoms with Gasteiger partial charge in [0.2, 0.25) is 0 Å². The molecule has 94 valence electrons. The van der Waals surface area contributed by atoms with Gasteiger partial charge in [-0.15, -0.1) is 11.6 Å². The van der Waals surface area contributed by atoms with Crippen LogP contribution in [-0.4, -0.2) is 0 Å². The first-order valence-electron chi connectivity index (χ1n) is 5.03. The molecule has 1 unspecified atom stereocenters. The molecule has 0 fully saturated rings. The molecule has 0 aromatic heterocycles. The molecule has 2 aromatic carbocycles. The summed E-state index contributed by atoms with van der Waals surface area (Å²) in [6.07, 6.45) is 0. The molecule has 0 aliphatic carbocycles. The number of alkyl halides is 1. The van der Waals surface area contributed by atoms with E-state index in [-0.39, 0.29) is 11.4 Å². The zero-order valence-electron chi connectivity index (χ0n) is 8.93. The Bertz CT molecular complexity index is 535. The van der Waals surface area contributed by atoms with E-state index in [0.717, 1.165) is 12.1 Å². The van der Waals surface area contributed by atoms with Gasteiger partial charge in [-0.1, -0.05) is 12.1 Å². The Labute approximate surface area is 121 Å². The van der Waals surface area contributed by atoms with Crippen molar-refractivity contribution in [2.24, 2.45) is 0 Å². The normalized spacial score (nSPS) is 12.5. The second-order valence-electron chi connectivity index (χ2n) is 3.69. The van der Waals surface area contributed by atoms with E-state index < -0.39 is 17.0 Å². The first-order chi connectivity index (χ1) is 8.49. The van der Waals surface area contributed by atoms with Gasteiger partial charge in [-0.05, 0) is 46.4 Å². The largest absolute Gasteiger partial charge is 0.207 e. The highest BCUT2D eigenvalue weighted by atomic mass is 127. The third kappa shape index (κ3) is 2.80. The second kappa shape index (κ2) is 5.48. The summed E-state index contributed by atoms with van der Waals surface area (Å²) in [5.41, 5.74) is 0.756. The molecule has 0 N–H and O–H groups in total. The molecule has 0 heterocycles. The molecular weight excluding hydrogens is 375 g/mol. The lowest BCUT2D eigenvalue weighted by Gasteiger charge is -2.13. The summed E-state index contributed by atoms with van der Waals surface area (Å²) in [7, 11) is 0. The van der Waals surface area contributed by atoms with Gasteiger partial charge in [-0.2, -0.15) is 0 Å². The minimum Gasteiger partial charge on any atom is -0.207 e. The van der Waals surface area contributed by atoms with E-state index in [9.17, 15) is 13.2 Å². The van der Waals surface area contributed by atoms with Crippen LogP contribution in [0.4, 0.5) is 13.2 Å². The quantitative estimate of drug-likeness (QED) is 0.504. The van der Waals surface area contributed by atoms with Gasteiger partial charge in [0.25, 0.3) is 0 Å². The van der Waals surface area contributed by atoms with Gasteiger partial charge in [-0.3, -0.25) is 0 Å². The maximum absolute atomic E-state index is 13.6. The fraction of sp³-hybridized carbons (Fsp3) is 0.0769. The fourth-order valence-corrected chi connectivity index (χ4v) is 2.92. The molecule has 2 rings (SSSR count). The average Bonchev–Trinajstić information content (AvgIpc) is 2.28. The highest BCUT2D eigenvalue weighted by Gasteiger charge is 2.18. The van der Waals surface area contributed by atoms with Crippen LogP contribution in [0.15, 0.2) is 36.4 Å². The Hall–Kier alpha value is -0.750. The maximum atomic E-state index is 13.6. The van der Waals surface area contributed by atoms with Gasteiger partial charge < -0.3 is 0 Å². The fourth-order valence-electron chi connectivity index (χ4n) is 1.58. The summed E-state index contributed by atoms with van der Waals surface area (Å²) in [4.78, 5) is 0. The van der Waals surface area contributed by atoms with Crippen LogP contribution >= 0.6 is 34.2 Å². The van der Waals surface area contributed by atoms with Gasteiger partial charge in [-0.25, -0.2) is 13.2 Å². The lowest BCUT2D eigenvalue weighted by molar-refractivity contribution is 0.573. The topological polar surface area (TPSA) is 0 Å². The molecule has 0 saturated heterocycles. The molecule has 0 amide bonds. The molecule has 1 atom stereocenters. The Kier molecular flexibility index (Phi) is 4.17. The van der Waals surface area contributed by atoms with Crippen molar-refractivity contribution >= 4 is 34.2 Å². The number of benzene rings is 2. The van der Waals surface area contributed by atoms with Crippen LogP contribution in [0.3, 0.4) is 0 Å². The lowest BCUT2D eigenvalue weighted by atomic mass is 10.0. The molecule has 0 nitrogen and oxygen atoms in total. The third-order valence-corrected chi connectivity index (χ3v) is 3.88. The van der Waals surface area contributed by atoms with Crippen LogP contribution in [-0.2, 0) is 0 Å². The summed E-state index contributed by atoms with van der Waals surface area (Å²) in [5.74, 6) is -1.75. The summed E-state index contributed by atoms with van der Waals surface area (Å²) in [6.45, 7) is 0. The molecule has 2 aromatic rings. The molecule has 0 aliphatic heterocycles. The Morgan fingerprint density at radius 2 is 1.44 bits per heavy atom. The van der Waals surface area contributed by atoms with E-state index in [1.54, 1.807) is 0 Å². The molecular formula is C13H7ClF3I. The summed E-state index contributed by atoms with van der Waals surface area (Å²) in [6, 6.07) is 7.28. The van der Waals surface area contributed by atoms with Crippen molar-refractivity contribution in [3.8, 4) is 0 Å². The first kappa shape index (κ1) is 13.7. The van der Waals surface area contributed by atoms with Gasteiger partial charge >= 0.3 is 0 Å². The molecule has 0 saturated carbocycles. The SMILES string of the molecule is Fc1ccc(C(Cl)c2ccc(F)cc2I)c(F)c1. The van der Waals surface area contributed by atoms with Crippen molar-refractivity contribution in [3.63, 3.8) is 0 Å². The summed E-state index contributed by atoms with van der Waals surface area (Å²) >= 11 is 8.08. The predicted octanol–water partition coefficient (Wildman–Crippen LogP) is 5.04. The van der Waals surface area contributed by atoms with E-state index in [4.69, 9.17) is 11.6 Å². The van der Waals surface area contributed by atoms with Gasteiger partial charge in [0, 0.05) is 15.2 Å².